The third-order valence-electron chi connectivity index (χ3n) is 5.43. The van der Waals surface area contributed by atoms with Gasteiger partial charge >= 0.3 is 0 Å². The SMILES string of the molecule is CC[C@H](C)c1ccccc1NC(=O)[C@@H](C)Sc1nnc(-c2ccccc2C)n1CC. The van der Waals surface area contributed by atoms with Crippen molar-refractivity contribution < 1.29 is 4.79 Å². The highest BCUT2D eigenvalue weighted by Crippen LogP contribution is 2.30. The van der Waals surface area contributed by atoms with Crippen molar-refractivity contribution in [3.8, 4) is 11.4 Å². The number of nitrogens with zero attached hydrogens (tertiary/aromatic N) is 3. The van der Waals surface area contributed by atoms with Crippen LogP contribution in [0, 0.1) is 6.92 Å². The van der Waals surface area contributed by atoms with Crippen LogP contribution in [-0.2, 0) is 11.3 Å². The van der Waals surface area contributed by atoms with Crippen LogP contribution in [0.1, 0.15) is 51.2 Å². The summed E-state index contributed by atoms with van der Waals surface area (Å²) < 4.78 is 2.07. The van der Waals surface area contributed by atoms with Gasteiger partial charge in [0, 0.05) is 17.8 Å². The number of hydrogen-bond donors (Lipinski definition) is 1. The highest BCUT2D eigenvalue weighted by molar-refractivity contribution is 8.00. The zero-order valence-electron chi connectivity index (χ0n) is 18.3. The van der Waals surface area contributed by atoms with Crippen LogP contribution in [0.5, 0.6) is 0 Å². The molecule has 0 unspecified atom stereocenters. The zero-order chi connectivity index (χ0) is 21.7. The van der Waals surface area contributed by atoms with E-state index >= 15 is 0 Å². The maximum absolute atomic E-state index is 12.9. The number of amides is 1. The van der Waals surface area contributed by atoms with E-state index in [0.29, 0.717) is 5.92 Å². The third-order valence-corrected chi connectivity index (χ3v) is 6.51. The molecule has 0 saturated heterocycles. The molecule has 0 bridgehead atoms. The summed E-state index contributed by atoms with van der Waals surface area (Å²) in [5.41, 5.74) is 4.29. The fraction of sp³-hybridized carbons (Fsp3) is 0.375. The second-order valence-electron chi connectivity index (χ2n) is 7.51. The lowest BCUT2D eigenvalue weighted by Crippen LogP contribution is -2.23. The first-order chi connectivity index (χ1) is 14.5. The molecule has 1 aromatic heterocycles. The topological polar surface area (TPSA) is 59.8 Å². The molecule has 0 fully saturated rings. The lowest BCUT2D eigenvalue weighted by molar-refractivity contribution is -0.115. The third kappa shape index (κ3) is 4.75. The predicted octanol–water partition coefficient (Wildman–Crippen LogP) is 5.91. The maximum Gasteiger partial charge on any atom is 0.237 e. The van der Waals surface area contributed by atoms with E-state index in [1.54, 1.807) is 0 Å². The van der Waals surface area contributed by atoms with E-state index < -0.39 is 0 Å². The van der Waals surface area contributed by atoms with Crippen LogP contribution in [-0.4, -0.2) is 25.9 Å². The Morgan fingerprint density at radius 2 is 1.77 bits per heavy atom. The first-order valence-corrected chi connectivity index (χ1v) is 11.4. The number of thioether (sulfide) groups is 1. The molecule has 2 aromatic carbocycles. The smallest absolute Gasteiger partial charge is 0.237 e. The number of para-hydroxylation sites is 1. The lowest BCUT2D eigenvalue weighted by Gasteiger charge is -2.18. The molecule has 158 valence electrons. The summed E-state index contributed by atoms with van der Waals surface area (Å²) in [4.78, 5) is 12.9. The number of aryl methyl sites for hydroxylation is 1. The van der Waals surface area contributed by atoms with Crippen LogP contribution in [0.15, 0.2) is 53.7 Å². The van der Waals surface area contributed by atoms with Crippen molar-refractivity contribution in [2.24, 2.45) is 0 Å². The van der Waals surface area contributed by atoms with Gasteiger partial charge in [-0.05, 0) is 50.3 Å². The number of nitrogens with one attached hydrogen (secondary N) is 1. The van der Waals surface area contributed by atoms with Crippen LogP contribution in [0.3, 0.4) is 0 Å². The molecule has 0 spiro atoms. The van der Waals surface area contributed by atoms with Gasteiger partial charge in [-0.1, -0.05) is 68.1 Å². The first kappa shape index (κ1) is 22.1. The van der Waals surface area contributed by atoms with E-state index in [0.717, 1.165) is 40.8 Å². The average molecular weight is 423 g/mol. The summed E-state index contributed by atoms with van der Waals surface area (Å²) >= 11 is 1.44. The molecular weight excluding hydrogens is 392 g/mol. The largest absolute Gasteiger partial charge is 0.325 e. The molecule has 0 aliphatic rings. The van der Waals surface area contributed by atoms with Gasteiger partial charge in [0.2, 0.25) is 5.91 Å². The number of carbonyl (C=O) groups excluding carboxylic acids is 1. The van der Waals surface area contributed by atoms with Crippen molar-refractivity contribution in [3.05, 3.63) is 59.7 Å². The van der Waals surface area contributed by atoms with E-state index in [2.05, 4.69) is 66.0 Å². The Labute approximate surface area is 183 Å². The standard InChI is InChI=1S/C24H30N4OS/c1-6-16(3)19-13-10-11-15-21(19)25-23(29)18(5)30-24-27-26-22(28(24)7-2)20-14-9-8-12-17(20)4/h8-16,18H,6-7H2,1-5H3,(H,25,29)/t16-,18+/m0/s1. The molecule has 30 heavy (non-hydrogen) atoms. The summed E-state index contributed by atoms with van der Waals surface area (Å²) in [5, 5.41) is 12.4. The average Bonchev–Trinajstić information content (AvgIpc) is 3.16. The van der Waals surface area contributed by atoms with Gasteiger partial charge in [0.1, 0.15) is 0 Å². The lowest BCUT2D eigenvalue weighted by atomic mass is 9.97. The van der Waals surface area contributed by atoms with Crippen molar-refractivity contribution in [3.63, 3.8) is 0 Å². The first-order valence-electron chi connectivity index (χ1n) is 10.5. The van der Waals surface area contributed by atoms with Crippen molar-refractivity contribution in [2.75, 3.05) is 5.32 Å². The van der Waals surface area contributed by atoms with Gasteiger partial charge in [-0.25, -0.2) is 0 Å². The monoisotopic (exact) mass is 422 g/mol. The molecule has 1 heterocycles. The Morgan fingerprint density at radius 1 is 1.07 bits per heavy atom. The molecule has 0 aliphatic heterocycles. The van der Waals surface area contributed by atoms with Crippen LogP contribution in [0.4, 0.5) is 5.69 Å². The Balaban J connectivity index is 1.78. The van der Waals surface area contributed by atoms with E-state index in [1.165, 1.54) is 17.3 Å². The number of anilines is 1. The van der Waals surface area contributed by atoms with E-state index in [4.69, 9.17) is 0 Å². The second-order valence-corrected chi connectivity index (χ2v) is 8.82. The molecule has 2 atom stereocenters. The van der Waals surface area contributed by atoms with E-state index in [-0.39, 0.29) is 11.2 Å². The van der Waals surface area contributed by atoms with Gasteiger partial charge in [-0.3, -0.25) is 4.79 Å². The molecule has 0 aliphatic carbocycles. The van der Waals surface area contributed by atoms with Gasteiger partial charge in [-0.15, -0.1) is 10.2 Å². The molecule has 0 radical (unpaired) electrons. The van der Waals surface area contributed by atoms with Gasteiger partial charge in [0.05, 0.1) is 5.25 Å². The van der Waals surface area contributed by atoms with Gasteiger partial charge in [-0.2, -0.15) is 0 Å². The summed E-state index contributed by atoms with van der Waals surface area (Å²) in [7, 11) is 0. The Bertz CT molecular complexity index is 1010. The van der Waals surface area contributed by atoms with Crippen molar-refractivity contribution in [2.45, 2.75) is 63.9 Å². The molecular formula is C24H30N4OS. The molecule has 1 amide bonds. The summed E-state index contributed by atoms with van der Waals surface area (Å²) in [6, 6.07) is 16.2. The normalized spacial score (nSPS) is 13.1. The highest BCUT2D eigenvalue weighted by atomic mass is 32.2. The number of carbonyl (C=O) groups is 1. The molecule has 3 aromatic rings. The minimum absolute atomic E-state index is 0.0288. The Hall–Kier alpha value is -2.60. The van der Waals surface area contributed by atoms with Gasteiger partial charge < -0.3 is 9.88 Å². The number of aromatic nitrogens is 3. The minimum Gasteiger partial charge on any atom is -0.325 e. The predicted molar refractivity (Wildman–Crippen MR) is 125 cm³/mol. The number of benzene rings is 2. The summed E-state index contributed by atoms with van der Waals surface area (Å²) in [5.74, 6) is 1.20. The molecule has 0 saturated carbocycles. The van der Waals surface area contributed by atoms with Crippen LogP contribution < -0.4 is 5.32 Å². The Kier molecular flexibility index (Phi) is 7.32. The summed E-state index contributed by atoms with van der Waals surface area (Å²) in [6.07, 6.45) is 1.03. The van der Waals surface area contributed by atoms with E-state index in [9.17, 15) is 4.79 Å². The van der Waals surface area contributed by atoms with Crippen molar-refractivity contribution >= 4 is 23.4 Å². The minimum atomic E-state index is -0.297. The van der Waals surface area contributed by atoms with Crippen molar-refractivity contribution in [1.29, 1.82) is 0 Å². The fourth-order valence-corrected chi connectivity index (χ4v) is 4.30. The number of hydrogen-bond acceptors (Lipinski definition) is 4. The summed E-state index contributed by atoms with van der Waals surface area (Å²) in [6.45, 7) is 11.1. The second kappa shape index (κ2) is 9.94. The van der Waals surface area contributed by atoms with Gasteiger partial charge in [0.25, 0.3) is 0 Å². The van der Waals surface area contributed by atoms with Crippen molar-refractivity contribution in [1.82, 2.24) is 14.8 Å². The fourth-order valence-electron chi connectivity index (χ4n) is 3.39. The highest BCUT2D eigenvalue weighted by Gasteiger charge is 2.22. The van der Waals surface area contributed by atoms with E-state index in [1.807, 2.05) is 37.3 Å². The maximum atomic E-state index is 12.9. The quantitative estimate of drug-likeness (QED) is 0.459. The Morgan fingerprint density at radius 3 is 2.47 bits per heavy atom. The number of rotatable bonds is 8. The zero-order valence-corrected chi connectivity index (χ0v) is 19.2. The molecule has 6 heteroatoms. The molecule has 1 N–H and O–H groups in total. The van der Waals surface area contributed by atoms with Gasteiger partial charge in [0.15, 0.2) is 11.0 Å². The van der Waals surface area contributed by atoms with Crippen LogP contribution in [0.2, 0.25) is 0 Å². The molecule has 3 rings (SSSR count). The van der Waals surface area contributed by atoms with Crippen LogP contribution >= 0.6 is 11.8 Å². The van der Waals surface area contributed by atoms with Crippen LogP contribution in [0.25, 0.3) is 11.4 Å². The molecule has 5 nitrogen and oxygen atoms in total.